The molecule has 1 N–H and O–H groups in total. The third-order valence-corrected chi connectivity index (χ3v) is 7.57. The Morgan fingerprint density at radius 3 is 2.56 bits per heavy atom. The van der Waals surface area contributed by atoms with Crippen molar-refractivity contribution >= 4 is 34.9 Å². The van der Waals surface area contributed by atoms with Crippen LogP contribution in [-0.4, -0.2) is 72.0 Å². The van der Waals surface area contributed by atoms with E-state index in [2.05, 4.69) is 38.8 Å². The van der Waals surface area contributed by atoms with Gasteiger partial charge in [-0.2, -0.15) is 0 Å². The number of pyridine rings is 1. The van der Waals surface area contributed by atoms with E-state index in [1.165, 1.54) is 6.07 Å². The first-order chi connectivity index (χ1) is 16.3. The van der Waals surface area contributed by atoms with E-state index < -0.39 is 0 Å². The minimum atomic E-state index is -0.233. The Balaban J connectivity index is 0.00000342. The number of aromatic nitrogens is 1. The number of anilines is 1. The van der Waals surface area contributed by atoms with Crippen molar-refractivity contribution < 1.29 is 10.6 Å². The lowest BCUT2D eigenvalue weighted by Gasteiger charge is -2.49. The van der Waals surface area contributed by atoms with Gasteiger partial charge >= 0.3 is 0 Å². The summed E-state index contributed by atoms with van der Waals surface area (Å²) in [7, 11) is 1.59. The number of hydrogen-bond donors (Lipinski definition) is 1. The van der Waals surface area contributed by atoms with Gasteiger partial charge in [0, 0.05) is 63.0 Å². The summed E-state index contributed by atoms with van der Waals surface area (Å²) < 4.78 is 14.2. The lowest BCUT2D eigenvalue weighted by atomic mass is 9.97. The average Bonchev–Trinajstić information content (AvgIpc) is 2.82. The number of carbonyl (C=O) groups excluding carboxylic acids is 1. The lowest BCUT2D eigenvalue weighted by Crippen LogP contribution is -2.61. The van der Waals surface area contributed by atoms with Gasteiger partial charge in [-0.25, -0.2) is 9.37 Å². The predicted molar refractivity (Wildman–Crippen MR) is 137 cm³/mol. The van der Waals surface area contributed by atoms with E-state index in [1.54, 1.807) is 31.4 Å². The van der Waals surface area contributed by atoms with Crippen LogP contribution < -0.4 is 10.2 Å². The van der Waals surface area contributed by atoms with Crippen molar-refractivity contribution in [3.63, 3.8) is 0 Å². The lowest BCUT2D eigenvalue weighted by molar-refractivity contribution is 0.0583. The van der Waals surface area contributed by atoms with Crippen LogP contribution in [0.5, 0.6) is 0 Å². The van der Waals surface area contributed by atoms with Crippen LogP contribution in [0, 0.1) is 5.82 Å². The third-order valence-electron chi connectivity index (χ3n) is 7.05. The summed E-state index contributed by atoms with van der Waals surface area (Å²) >= 11 is 12.4. The highest BCUT2D eigenvalue weighted by atomic mass is 35.5. The smallest absolute Gasteiger partial charge is 0.252 e. The maximum atomic E-state index is 14.2. The zero-order valence-corrected chi connectivity index (χ0v) is 21.4. The van der Waals surface area contributed by atoms with Crippen molar-refractivity contribution in [2.24, 2.45) is 0 Å². The Morgan fingerprint density at radius 2 is 1.91 bits per heavy atom. The fraction of sp³-hybridized carbons (Fsp3) is 0.520. The van der Waals surface area contributed by atoms with Gasteiger partial charge in [-0.1, -0.05) is 29.3 Å². The first-order valence-corrected chi connectivity index (χ1v) is 12.6. The van der Waals surface area contributed by atoms with Crippen molar-refractivity contribution in [3.05, 3.63) is 57.5 Å². The second kappa shape index (κ2) is 10.8. The number of hydrogen-bond acceptors (Lipinski definition) is 5. The van der Waals surface area contributed by atoms with Gasteiger partial charge in [0.2, 0.25) is 0 Å². The number of benzene rings is 1. The van der Waals surface area contributed by atoms with Gasteiger partial charge in [0.15, 0.2) is 0 Å². The predicted octanol–water partition coefficient (Wildman–Crippen LogP) is 4.70. The highest BCUT2D eigenvalue weighted by molar-refractivity contribution is 6.33. The quantitative estimate of drug-likeness (QED) is 0.633. The molecule has 2 aliphatic rings. The summed E-state index contributed by atoms with van der Waals surface area (Å²) in [5.41, 5.74) is 1.16. The molecular weight excluding hydrogens is 476 g/mol. The van der Waals surface area contributed by atoms with Crippen molar-refractivity contribution in [3.8, 4) is 0 Å². The molecule has 2 atom stereocenters. The molecule has 186 valence electrons. The number of nitrogens with one attached hydrogen (secondary N) is 1. The van der Waals surface area contributed by atoms with E-state index >= 15 is 0 Å². The standard InChI is InChI=1S/C25H32Cl2FN5O.H2/c1-16-14-33(24-22(27)10-19(12-30-24)25(34)29-3)17(2)13-32(16)21-6-8-31(9-7-21)15-18-4-5-20(26)11-23(18)28;/h4-5,10-12,16-17,21H,6-9,13-15H2,1-3H3,(H,29,34);1H/t16-,17+;/m0./s1. The highest BCUT2D eigenvalue weighted by Gasteiger charge is 2.36. The summed E-state index contributed by atoms with van der Waals surface area (Å²) in [6, 6.07) is 7.71. The van der Waals surface area contributed by atoms with Gasteiger partial charge in [-0.05, 0) is 58.0 Å². The van der Waals surface area contributed by atoms with E-state index in [1.807, 2.05) is 0 Å². The average molecular weight is 510 g/mol. The fourth-order valence-electron chi connectivity index (χ4n) is 5.17. The number of halogens is 3. The largest absolute Gasteiger partial charge is 0.355 e. The molecule has 2 aliphatic heterocycles. The number of rotatable bonds is 5. The van der Waals surface area contributed by atoms with Gasteiger partial charge in [-0.3, -0.25) is 14.6 Å². The zero-order valence-electron chi connectivity index (χ0n) is 19.9. The van der Waals surface area contributed by atoms with Crippen LogP contribution in [0.15, 0.2) is 30.5 Å². The van der Waals surface area contributed by atoms with Gasteiger partial charge in [0.05, 0.1) is 10.6 Å². The number of piperazine rings is 1. The van der Waals surface area contributed by atoms with Crippen LogP contribution in [0.2, 0.25) is 10.0 Å². The zero-order chi connectivity index (χ0) is 24.4. The van der Waals surface area contributed by atoms with Crippen LogP contribution in [0.4, 0.5) is 10.2 Å². The van der Waals surface area contributed by atoms with Crippen LogP contribution in [0.3, 0.4) is 0 Å². The molecule has 0 bridgehead atoms. The number of amides is 1. The molecule has 3 heterocycles. The molecule has 1 amide bonds. The third kappa shape index (κ3) is 5.48. The number of piperidine rings is 1. The molecule has 2 saturated heterocycles. The van der Waals surface area contributed by atoms with E-state index in [-0.39, 0.29) is 19.2 Å². The number of carbonyl (C=O) groups is 1. The minimum absolute atomic E-state index is 0. The summed E-state index contributed by atoms with van der Waals surface area (Å²) in [6.45, 7) is 8.70. The number of nitrogens with zero attached hydrogens (tertiary/aromatic N) is 4. The Labute approximate surface area is 212 Å². The summed E-state index contributed by atoms with van der Waals surface area (Å²) in [6.07, 6.45) is 3.71. The molecule has 1 aromatic heterocycles. The molecule has 0 spiro atoms. The van der Waals surface area contributed by atoms with Crippen LogP contribution in [0.1, 0.15) is 44.0 Å². The minimum Gasteiger partial charge on any atom is -0.355 e. The molecule has 2 aromatic rings. The normalized spacial score (nSPS) is 22.7. The Bertz CT molecular complexity index is 1040. The van der Waals surface area contributed by atoms with Crippen molar-refractivity contribution in [2.75, 3.05) is 38.1 Å². The monoisotopic (exact) mass is 509 g/mol. The molecule has 34 heavy (non-hydrogen) atoms. The Kier molecular flexibility index (Phi) is 7.97. The molecule has 0 radical (unpaired) electrons. The second-order valence-corrected chi connectivity index (χ2v) is 10.2. The fourth-order valence-corrected chi connectivity index (χ4v) is 5.60. The SMILES string of the molecule is CNC(=O)c1cnc(N2C[C@H](C)N(C3CCN(Cc4ccc(Cl)cc4F)CC3)C[C@H]2C)c(Cl)c1.[HH]. The maximum absolute atomic E-state index is 14.2. The van der Waals surface area contributed by atoms with Crippen LogP contribution >= 0.6 is 23.2 Å². The topological polar surface area (TPSA) is 51.7 Å². The molecule has 0 aliphatic carbocycles. The van der Waals surface area contributed by atoms with Gasteiger partial charge in [0.1, 0.15) is 11.6 Å². The van der Waals surface area contributed by atoms with Crippen molar-refractivity contribution in [1.82, 2.24) is 20.1 Å². The summed E-state index contributed by atoms with van der Waals surface area (Å²) in [4.78, 5) is 23.6. The molecule has 1 aromatic carbocycles. The summed E-state index contributed by atoms with van der Waals surface area (Å²) in [5, 5.41) is 3.53. The first-order valence-electron chi connectivity index (χ1n) is 11.8. The Morgan fingerprint density at radius 1 is 1.18 bits per heavy atom. The van der Waals surface area contributed by atoms with Crippen LogP contribution in [0.25, 0.3) is 0 Å². The van der Waals surface area contributed by atoms with E-state index in [0.717, 1.165) is 44.8 Å². The molecule has 2 fully saturated rings. The molecule has 4 rings (SSSR count). The van der Waals surface area contributed by atoms with Gasteiger partial charge < -0.3 is 10.2 Å². The second-order valence-electron chi connectivity index (χ2n) is 9.40. The first kappa shape index (κ1) is 25.2. The molecule has 6 nitrogen and oxygen atoms in total. The Hall–Kier alpha value is -1.93. The molecule has 0 unspecified atom stereocenters. The summed E-state index contributed by atoms with van der Waals surface area (Å²) in [5.74, 6) is 0.300. The van der Waals surface area contributed by atoms with E-state index in [0.29, 0.717) is 39.8 Å². The van der Waals surface area contributed by atoms with Gasteiger partial charge in [0.25, 0.3) is 5.91 Å². The van der Waals surface area contributed by atoms with Crippen LogP contribution in [-0.2, 0) is 6.54 Å². The maximum Gasteiger partial charge on any atom is 0.252 e. The molecule has 9 heteroatoms. The highest BCUT2D eigenvalue weighted by Crippen LogP contribution is 2.31. The molecular formula is C25H34Cl2FN5O. The van der Waals surface area contributed by atoms with E-state index in [4.69, 9.17) is 23.2 Å². The number of likely N-dealkylation sites (tertiary alicyclic amines) is 1. The molecule has 0 saturated carbocycles. The van der Waals surface area contributed by atoms with Crippen molar-refractivity contribution in [1.29, 1.82) is 0 Å². The van der Waals surface area contributed by atoms with Crippen molar-refractivity contribution in [2.45, 2.75) is 51.4 Å². The van der Waals surface area contributed by atoms with E-state index in [9.17, 15) is 9.18 Å². The van der Waals surface area contributed by atoms with Gasteiger partial charge in [-0.15, -0.1) is 0 Å².